The van der Waals surface area contributed by atoms with Gasteiger partial charge >= 0.3 is 0 Å². The molecule has 0 amide bonds. The van der Waals surface area contributed by atoms with Crippen LogP contribution in [0.3, 0.4) is 0 Å². The Morgan fingerprint density at radius 1 is 0.463 bits per heavy atom. The molecular formula is C53H41N. The molecule has 0 saturated carbocycles. The smallest absolute Gasteiger partial charge is 0.0726 e. The van der Waals surface area contributed by atoms with Crippen LogP contribution in [0.25, 0.3) is 39.0 Å². The summed E-state index contributed by atoms with van der Waals surface area (Å²) >= 11 is 0. The summed E-state index contributed by atoms with van der Waals surface area (Å²) < 4.78 is 0. The Morgan fingerprint density at radius 2 is 0.944 bits per heavy atom. The van der Waals surface area contributed by atoms with Crippen molar-refractivity contribution in [1.29, 1.82) is 0 Å². The third kappa shape index (κ3) is 4.39. The van der Waals surface area contributed by atoms with Gasteiger partial charge in [0.15, 0.2) is 0 Å². The highest BCUT2D eigenvalue weighted by Gasteiger charge is 2.52. The molecule has 0 saturated heterocycles. The third-order valence-corrected chi connectivity index (χ3v) is 12.2. The number of hydrogen-bond acceptors (Lipinski definition) is 1. The SMILES string of the molecule is C=CC1=C(/C=C\C)c2ccccc2C12c1ccccc1-c1ccc(N(c3ccc(-c4ccccc4)cc3)c3ccc4c(c3)C(C)(C)c3ccccc3-4)cc12. The molecule has 0 fully saturated rings. The van der Waals surface area contributed by atoms with E-state index in [2.05, 4.69) is 214 Å². The number of anilines is 3. The van der Waals surface area contributed by atoms with Crippen LogP contribution in [0.2, 0.25) is 0 Å². The van der Waals surface area contributed by atoms with E-state index in [4.69, 9.17) is 0 Å². The van der Waals surface area contributed by atoms with Gasteiger partial charge in [0, 0.05) is 22.5 Å². The Labute approximate surface area is 318 Å². The van der Waals surface area contributed by atoms with Gasteiger partial charge < -0.3 is 4.90 Å². The summed E-state index contributed by atoms with van der Waals surface area (Å²) in [6.07, 6.45) is 6.52. The van der Waals surface area contributed by atoms with Crippen molar-refractivity contribution >= 4 is 22.6 Å². The minimum Gasteiger partial charge on any atom is -0.310 e. The first-order chi connectivity index (χ1) is 26.5. The Hall–Kier alpha value is -6.44. The van der Waals surface area contributed by atoms with Crippen molar-refractivity contribution in [2.24, 2.45) is 0 Å². The van der Waals surface area contributed by atoms with Crippen LogP contribution in [-0.4, -0.2) is 0 Å². The molecular weight excluding hydrogens is 651 g/mol. The highest BCUT2D eigenvalue weighted by atomic mass is 15.1. The second-order valence-electron chi connectivity index (χ2n) is 15.3. The molecule has 0 radical (unpaired) electrons. The number of nitrogens with zero attached hydrogens (tertiary/aromatic N) is 1. The molecule has 10 rings (SSSR count). The predicted molar refractivity (Wildman–Crippen MR) is 228 cm³/mol. The molecule has 1 nitrogen and oxygen atoms in total. The van der Waals surface area contributed by atoms with Gasteiger partial charge in [-0.3, -0.25) is 0 Å². The number of rotatable bonds is 6. The molecule has 0 aromatic heterocycles. The number of benzene rings is 7. The average molecular weight is 692 g/mol. The molecule has 0 bridgehead atoms. The van der Waals surface area contributed by atoms with E-state index in [1.165, 1.54) is 77.9 Å². The highest BCUT2D eigenvalue weighted by Crippen LogP contribution is 2.63. The monoisotopic (exact) mass is 691 g/mol. The fraction of sp³-hybridized carbons (Fsp3) is 0.0943. The lowest BCUT2D eigenvalue weighted by Gasteiger charge is -2.33. The molecule has 3 aliphatic carbocycles. The van der Waals surface area contributed by atoms with Gasteiger partial charge in [0.25, 0.3) is 0 Å². The van der Waals surface area contributed by atoms with E-state index < -0.39 is 5.41 Å². The maximum absolute atomic E-state index is 4.47. The molecule has 1 unspecified atom stereocenters. The van der Waals surface area contributed by atoms with Crippen LogP contribution < -0.4 is 4.90 Å². The summed E-state index contributed by atoms with van der Waals surface area (Å²) in [5, 5.41) is 0. The largest absolute Gasteiger partial charge is 0.310 e. The van der Waals surface area contributed by atoms with Gasteiger partial charge in [0.1, 0.15) is 0 Å². The van der Waals surface area contributed by atoms with Crippen LogP contribution >= 0.6 is 0 Å². The normalized spacial score (nSPS) is 16.9. The summed E-state index contributed by atoms with van der Waals surface area (Å²) in [6, 6.07) is 60.7. The fourth-order valence-corrected chi connectivity index (χ4v) is 9.85. The number of fused-ring (bicyclic) bond motifs is 10. The van der Waals surface area contributed by atoms with Crippen molar-refractivity contribution in [2.75, 3.05) is 4.90 Å². The van der Waals surface area contributed by atoms with E-state index in [0.29, 0.717) is 0 Å². The zero-order valence-corrected chi connectivity index (χ0v) is 31.0. The van der Waals surface area contributed by atoms with Gasteiger partial charge in [0.2, 0.25) is 0 Å². The van der Waals surface area contributed by atoms with Gasteiger partial charge in [-0.15, -0.1) is 0 Å². The van der Waals surface area contributed by atoms with Crippen LogP contribution in [0.1, 0.15) is 54.2 Å². The molecule has 1 atom stereocenters. The zero-order valence-electron chi connectivity index (χ0n) is 31.0. The average Bonchev–Trinajstić information content (AvgIpc) is 3.76. The Kier molecular flexibility index (Phi) is 7.19. The standard InChI is InChI=1S/C53H41N/c1-5-16-40-42-20-11-14-23-48(42)53(46(40)6-2)49-24-15-12-21-43(49)45-32-30-39(34-51(45)53)54(37-27-25-36(26-28-37)35-17-8-7-9-18-35)38-29-31-44-41-19-10-13-22-47(41)52(3,4)50(44)33-38/h5-34H,2H2,1,3-4H3/b16-5-. The molecule has 7 aromatic rings. The maximum Gasteiger partial charge on any atom is 0.0726 e. The van der Waals surface area contributed by atoms with Gasteiger partial charge in [-0.25, -0.2) is 0 Å². The lowest BCUT2D eigenvalue weighted by molar-refractivity contribution is 0.660. The Morgan fingerprint density at radius 3 is 1.59 bits per heavy atom. The van der Waals surface area contributed by atoms with Crippen LogP contribution in [-0.2, 0) is 10.8 Å². The van der Waals surface area contributed by atoms with Gasteiger partial charge in [-0.2, -0.15) is 0 Å². The summed E-state index contributed by atoms with van der Waals surface area (Å²) in [5.74, 6) is 0. The lowest BCUT2D eigenvalue weighted by Crippen LogP contribution is -2.27. The van der Waals surface area contributed by atoms with Crippen LogP contribution in [0.5, 0.6) is 0 Å². The van der Waals surface area contributed by atoms with Crippen molar-refractivity contribution in [1.82, 2.24) is 0 Å². The molecule has 0 aliphatic heterocycles. The molecule has 1 heteroatoms. The Balaban J connectivity index is 1.22. The van der Waals surface area contributed by atoms with Crippen LogP contribution in [0, 0.1) is 0 Å². The first kappa shape index (κ1) is 32.2. The molecule has 54 heavy (non-hydrogen) atoms. The molecule has 0 N–H and O–H groups in total. The van der Waals surface area contributed by atoms with Crippen molar-refractivity contribution < 1.29 is 0 Å². The van der Waals surface area contributed by atoms with Crippen LogP contribution in [0.15, 0.2) is 194 Å². The molecule has 3 aliphatic rings. The minimum atomic E-state index is -0.487. The molecule has 1 spiro atoms. The van der Waals surface area contributed by atoms with E-state index in [9.17, 15) is 0 Å². The van der Waals surface area contributed by atoms with Crippen molar-refractivity contribution in [3.8, 4) is 33.4 Å². The fourth-order valence-electron chi connectivity index (χ4n) is 9.85. The molecule has 0 heterocycles. The summed E-state index contributed by atoms with van der Waals surface area (Å²) in [7, 11) is 0. The first-order valence-electron chi connectivity index (χ1n) is 19.0. The van der Waals surface area contributed by atoms with Crippen molar-refractivity contribution in [3.05, 3.63) is 228 Å². The summed E-state index contributed by atoms with van der Waals surface area (Å²) in [4.78, 5) is 2.45. The third-order valence-electron chi connectivity index (χ3n) is 12.2. The quantitative estimate of drug-likeness (QED) is 0.168. The van der Waals surface area contributed by atoms with Crippen LogP contribution in [0.4, 0.5) is 17.1 Å². The molecule has 7 aromatic carbocycles. The van der Waals surface area contributed by atoms with E-state index >= 15 is 0 Å². The molecule has 258 valence electrons. The van der Waals surface area contributed by atoms with Gasteiger partial charge in [0.05, 0.1) is 5.41 Å². The van der Waals surface area contributed by atoms with E-state index in [1.807, 2.05) is 0 Å². The topological polar surface area (TPSA) is 3.24 Å². The lowest BCUT2D eigenvalue weighted by atomic mass is 9.69. The highest BCUT2D eigenvalue weighted by molar-refractivity contribution is 5.99. The van der Waals surface area contributed by atoms with E-state index in [1.54, 1.807) is 0 Å². The van der Waals surface area contributed by atoms with E-state index in [-0.39, 0.29) is 5.41 Å². The second kappa shape index (κ2) is 12.0. The number of hydrogen-bond donors (Lipinski definition) is 0. The van der Waals surface area contributed by atoms with Crippen molar-refractivity contribution in [3.63, 3.8) is 0 Å². The zero-order chi connectivity index (χ0) is 36.6. The maximum atomic E-state index is 4.47. The summed E-state index contributed by atoms with van der Waals surface area (Å²) in [6.45, 7) is 11.3. The number of allylic oxidation sites excluding steroid dienone is 5. The van der Waals surface area contributed by atoms with Gasteiger partial charge in [-0.1, -0.05) is 166 Å². The Bertz CT molecular complexity index is 2710. The summed E-state index contributed by atoms with van der Waals surface area (Å²) in [5.41, 5.74) is 20.8. The van der Waals surface area contributed by atoms with E-state index in [0.717, 1.165) is 17.1 Å². The van der Waals surface area contributed by atoms with Crippen molar-refractivity contribution in [2.45, 2.75) is 31.6 Å². The minimum absolute atomic E-state index is 0.116. The van der Waals surface area contributed by atoms with Gasteiger partial charge in [-0.05, 0) is 121 Å². The second-order valence-corrected chi connectivity index (χ2v) is 15.3. The first-order valence-corrected chi connectivity index (χ1v) is 19.0. The predicted octanol–water partition coefficient (Wildman–Crippen LogP) is 14.0.